The van der Waals surface area contributed by atoms with E-state index in [9.17, 15) is 9.59 Å². The molecule has 0 bridgehead atoms. The maximum atomic E-state index is 11.9. The van der Waals surface area contributed by atoms with Gasteiger partial charge in [-0.15, -0.1) is 0 Å². The molecule has 2 heterocycles. The fourth-order valence-electron chi connectivity index (χ4n) is 1.96. The van der Waals surface area contributed by atoms with Crippen LogP contribution in [0.2, 0.25) is 0 Å². The molecule has 1 aliphatic heterocycles. The van der Waals surface area contributed by atoms with Crippen LogP contribution in [0.1, 0.15) is 10.5 Å². The minimum atomic E-state index is -0.566. The number of carbonyl (C=O) groups is 2. The van der Waals surface area contributed by atoms with E-state index in [-0.39, 0.29) is 18.2 Å². The fraction of sp³-hybridized carbons (Fsp3) is 0.500. The average Bonchev–Trinajstić information content (AvgIpc) is 2.53. The van der Waals surface area contributed by atoms with Gasteiger partial charge in [0.15, 0.2) is 5.69 Å². The minimum Gasteiger partial charge on any atom is -0.464 e. The van der Waals surface area contributed by atoms with E-state index < -0.39 is 12.0 Å². The molecule has 20 heavy (non-hydrogen) atoms. The van der Waals surface area contributed by atoms with Gasteiger partial charge in [0.1, 0.15) is 11.9 Å². The largest absolute Gasteiger partial charge is 0.464 e. The highest BCUT2D eigenvalue weighted by Gasteiger charge is 2.30. The number of hydrogen-bond donors (Lipinski definition) is 1. The lowest BCUT2D eigenvalue weighted by atomic mass is 10.2. The molecule has 1 aliphatic rings. The van der Waals surface area contributed by atoms with Gasteiger partial charge in [-0.1, -0.05) is 0 Å². The Kier molecular flexibility index (Phi) is 4.46. The predicted molar refractivity (Wildman–Crippen MR) is 69.4 cm³/mol. The van der Waals surface area contributed by atoms with Gasteiger partial charge in [-0.25, -0.2) is 9.78 Å². The van der Waals surface area contributed by atoms with Crippen LogP contribution in [0, 0.1) is 0 Å². The second kappa shape index (κ2) is 6.29. The summed E-state index contributed by atoms with van der Waals surface area (Å²) in [6, 6.07) is -0.490. The number of carbonyl (C=O) groups excluding carboxylic acids is 2. The van der Waals surface area contributed by atoms with Crippen molar-refractivity contribution in [1.82, 2.24) is 15.3 Å². The number of nitrogens with one attached hydrogen (secondary N) is 1. The van der Waals surface area contributed by atoms with Crippen molar-refractivity contribution in [1.29, 1.82) is 0 Å². The van der Waals surface area contributed by atoms with E-state index in [4.69, 9.17) is 4.74 Å². The summed E-state index contributed by atoms with van der Waals surface area (Å²) in [4.78, 5) is 33.2. The van der Waals surface area contributed by atoms with Gasteiger partial charge < -0.3 is 19.7 Å². The summed E-state index contributed by atoms with van der Waals surface area (Å²) >= 11 is 0. The first-order valence-corrected chi connectivity index (χ1v) is 6.13. The molecule has 1 fully saturated rings. The van der Waals surface area contributed by atoms with E-state index in [0.29, 0.717) is 19.0 Å². The number of aromatic nitrogens is 2. The summed E-state index contributed by atoms with van der Waals surface area (Å²) in [5, 5.41) is 2.58. The van der Waals surface area contributed by atoms with Crippen LogP contribution in [0.25, 0.3) is 0 Å². The van der Waals surface area contributed by atoms with Crippen LogP contribution in [0.3, 0.4) is 0 Å². The van der Waals surface area contributed by atoms with E-state index in [2.05, 4.69) is 20.0 Å². The zero-order valence-electron chi connectivity index (χ0n) is 11.3. The van der Waals surface area contributed by atoms with Crippen molar-refractivity contribution >= 4 is 17.7 Å². The van der Waals surface area contributed by atoms with Gasteiger partial charge >= 0.3 is 5.97 Å². The van der Waals surface area contributed by atoms with Crippen molar-refractivity contribution in [3.63, 3.8) is 0 Å². The second-order valence-corrected chi connectivity index (χ2v) is 4.15. The van der Waals surface area contributed by atoms with Crippen molar-refractivity contribution < 1.29 is 19.1 Å². The average molecular weight is 280 g/mol. The quantitative estimate of drug-likeness (QED) is 0.725. The number of rotatable bonds is 3. The molecule has 1 aromatic heterocycles. The number of morpholine rings is 1. The lowest BCUT2D eigenvalue weighted by Gasteiger charge is -2.34. The third-order valence-electron chi connectivity index (χ3n) is 2.99. The Morgan fingerprint density at radius 3 is 3.00 bits per heavy atom. The molecule has 108 valence electrons. The Morgan fingerprint density at radius 1 is 1.50 bits per heavy atom. The zero-order chi connectivity index (χ0) is 14.5. The van der Waals surface area contributed by atoms with Crippen molar-refractivity contribution in [3.05, 3.63) is 18.1 Å². The molecular formula is C12H16N4O4. The standard InChI is InChI=1S/C12H16N4O4/c1-13-11(17)9-7-20-4-3-16(9)10-6-14-5-8(15-10)12(18)19-2/h5-6,9H,3-4,7H2,1-2H3,(H,13,17). The molecule has 0 radical (unpaired) electrons. The highest BCUT2D eigenvalue weighted by atomic mass is 16.5. The van der Waals surface area contributed by atoms with E-state index in [1.807, 2.05) is 0 Å². The van der Waals surface area contributed by atoms with E-state index in [1.54, 1.807) is 11.9 Å². The van der Waals surface area contributed by atoms with Gasteiger partial charge in [0.25, 0.3) is 0 Å². The summed E-state index contributed by atoms with van der Waals surface area (Å²) in [5.41, 5.74) is 0.104. The van der Waals surface area contributed by atoms with Crippen LogP contribution in [0.15, 0.2) is 12.4 Å². The van der Waals surface area contributed by atoms with E-state index >= 15 is 0 Å². The molecule has 1 unspecified atom stereocenters. The Labute approximate surface area is 116 Å². The molecule has 1 aromatic rings. The predicted octanol–water partition coefficient (Wildman–Crippen LogP) is -0.786. The van der Waals surface area contributed by atoms with Crippen LogP contribution in [0.5, 0.6) is 0 Å². The van der Waals surface area contributed by atoms with Crippen LogP contribution < -0.4 is 10.2 Å². The Hall–Kier alpha value is -2.22. The molecule has 0 aliphatic carbocycles. The summed E-state index contributed by atoms with van der Waals surface area (Å²) in [7, 11) is 2.84. The molecule has 8 heteroatoms. The number of amides is 1. The van der Waals surface area contributed by atoms with E-state index in [0.717, 1.165) is 0 Å². The number of nitrogens with zero attached hydrogens (tertiary/aromatic N) is 3. The van der Waals surface area contributed by atoms with Crippen LogP contribution >= 0.6 is 0 Å². The van der Waals surface area contributed by atoms with Crippen LogP contribution in [-0.4, -0.2) is 61.8 Å². The molecule has 1 N–H and O–H groups in total. The maximum Gasteiger partial charge on any atom is 0.358 e. The lowest BCUT2D eigenvalue weighted by molar-refractivity contribution is -0.124. The van der Waals surface area contributed by atoms with E-state index in [1.165, 1.54) is 19.5 Å². The first-order valence-electron chi connectivity index (χ1n) is 6.13. The SMILES string of the molecule is CNC(=O)C1COCCN1c1cncc(C(=O)OC)n1. The van der Waals surface area contributed by atoms with Gasteiger partial charge in [-0.05, 0) is 0 Å². The zero-order valence-corrected chi connectivity index (χ0v) is 11.3. The highest BCUT2D eigenvalue weighted by Crippen LogP contribution is 2.17. The number of anilines is 1. The number of likely N-dealkylation sites (N-methyl/N-ethyl adjacent to an activating group) is 1. The third kappa shape index (κ3) is 2.85. The topological polar surface area (TPSA) is 93.7 Å². The molecule has 1 atom stereocenters. The Bertz CT molecular complexity index is 508. The summed E-state index contributed by atoms with van der Waals surface area (Å²) in [5.74, 6) is -0.288. The molecular weight excluding hydrogens is 264 g/mol. The Morgan fingerprint density at radius 2 is 2.30 bits per heavy atom. The number of methoxy groups -OCH3 is 1. The molecule has 0 aromatic carbocycles. The van der Waals surface area contributed by atoms with Gasteiger partial charge in [-0.3, -0.25) is 9.78 Å². The summed E-state index contributed by atoms with van der Waals surface area (Å²) in [6.07, 6.45) is 2.83. The Balaban J connectivity index is 2.28. The van der Waals surface area contributed by atoms with Crippen molar-refractivity contribution in [2.24, 2.45) is 0 Å². The van der Waals surface area contributed by atoms with Crippen LogP contribution in [0.4, 0.5) is 5.82 Å². The fourth-order valence-corrected chi connectivity index (χ4v) is 1.96. The molecule has 1 amide bonds. The van der Waals surface area contributed by atoms with Gasteiger partial charge in [0.05, 0.1) is 32.7 Å². The lowest BCUT2D eigenvalue weighted by Crippen LogP contribution is -2.53. The molecule has 2 rings (SSSR count). The van der Waals surface area contributed by atoms with Crippen LogP contribution in [-0.2, 0) is 14.3 Å². The van der Waals surface area contributed by atoms with Crippen molar-refractivity contribution in [3.8, 4) is 0 Å². The molecule has 1 saturated heterocycles. The third-order valence-corrected chi connectivity index (χ3v) is 2.99. The molecule has 0 spiro atoms. The summed E-state index contributed by atoms with van der Waals surface area (Å²) < 4.78 is 9.92. The van der Waals surface area contributed by atoms with Gasteiger partial charge in [0, 0.05) is 13.6 Å². The number of ether oxygens (including phenoxy) is 2. The second-order valence-electron chi connectivity index (χ2n) is 4.15. The number of esters is 1. The van der Waals surface area contributed by atoms with Gasteiger partial charge in [-0.2, -0.15) is 0 Å². The first-order chi connectivity index (χ1) is 9.67. The van der Waals surface area contributed by atoms with Crippen molar-refractivity contribution in [2.45, 2.75) is 6.04 Å². The normalized spacial score (nSPS) is 18.5. The first kappa shape index (κ1) is 14.2. The van der Waals surface area contributed by atoms with Crippen molar-refractivity contribution in [2.75, 3.05) is 38.8 Å². The summed E-state index contributed by atoms with van der Waals surface area (Å²) in [6.45, 7) is 1.25. The monoisotopic (exact) mass is 280 g/mol. The van der Waals surface area contributed by atoms with Gasteiger partial charge in [0.2, 0.25) is 5.91 Å². The number of hydrogen-bond acceptors (Lipinski definition) is 7. The minimum absolute atomic E-state index is 0.104. The maximum absolute atomic E-state index is 11.9. The molecule has 8 nitrogen and oxygen atoms in total. The molecule has 0 saturated carbocycles. The highest BCUT2D eigenvalue weighted by molar-refractivity contribution is 5.88. The smallest absolute Gasteiger partial charge is 0.358 e.